The van der Waals surface area contributed by atoms with Crippen molar-refractivity contribution in [2.45, 2.75) is 4.90 Å². The van der Waals surface area contributed by atoms with E-state index in [1.807, 2.05) is 6.07 Å². The molecule has 3 amide bonds. The Morgan fingerprint density at radius 2 is 1.79 bits per heavy atom. The van der Waals surface area contributed by atoms with Gasteiger partial charge in [0.1, 0.15) is 5.82 Å². The van der Waals surface area contributed by atoms with Gasteiger partial charge in [0.25, 0.3) is 0 Å². The fourth-order valence-electron chi connectivity index (χ4n) is 2.21. The number of nitrogens with zero attached hydrogens (tertiary/aromatic N) is 2. The number of amides is 3. The molecule has 10 heteroatoms. The minimum atomic E-state index is -0.433. The summed E-state index contributed by atoms with van der Waals surface area (Å²) >= 11 is 4.53. The highest BCUT2D eigenvalue weighted by atomic mass is 79.9. The Balaban J connectivity index is 1.84. The molecule has 0 aliphatic rings. The predicted molar refractivity (Wildman–Crippen MR) is 113 cm³/mol. The summed E-state index contributed by atoms with van der Waals surface area (Å²) in [5.41, 5.74) is 5.76. The zero-order valence-corrected chi connectivity index (χ0v) is 17.5. The highest BCUT2D eigenvalue weighted by Gasteiger charge is 2.13. The first kappa shape index (κ1) is 21.9. The first-order valence-corrected chi connectivity index (χ1v) is 10.0. The number of likely N-dealkylation sites (N-methyl/N-ethyl adjacent to an activating group) is 1. The third-order valence-electron chi connectivity index (χ3n) is 3.35. The molecular weight excluding hydrogens is 446 g/mol. The molecule has 0 atom stereocenters. The summed E-state index contributed by atoms with van der Waals surface area (Å²) in [7, 11) is 1.67. The number of para-hydroxylation sites is 1. The molecule has 8 nitrogen and oxygen atoms in total. The van der Waals surface area contributed by atoms with Gasteiger partial charge in [-0.05, 0) is 47.2 Å². The number of hydrogen-bond donors (Lipinski definition) is 3. The summed E-state index contributed by atoms with van der Waals surface area (Å²) in [6.07, 6.45) is 1.58. The number of thioether (sulfide) groups is 1. The quantitative estimate of drug-likeness (QED) is 0.487. The van der Waals surface area contributed by atoms with E-state index in [9.17, 15) is 14.4 Å². The van der Waals surface area contributed by atoms with E-state index in [1.54, 1.807) is 48.5 Å². The van der Waals surface area contributed by atoms with Gasteiger partial charge in [-0.3, -0.25) is 19.3 Å². The molecule has 28 heavy (non-hydrogen) atoms. The Morgan fingerprint density at radius 3 is 2.43 bits per heavy atom. The maximum atomic E-state index is 12.3. The largest absolute Gasteiger partial charge is 0.369 e. The van der Waals surface area contributed by atoms with Crippen LogP contribution in [0.15, 0.2) is 52.0 Å². The van der Waals surface area contributed by atoms with Crippen molar-refractivity contribution in [1.82, 2.24) is 9.88 Å². The Kier molecular flexibility index (Phi) is 8.42. The number of rotatable bonds is 9. The molecular formula is C18H20BrN5O3S. The van der Waals surface area contributed by atoms with Gasteiger partial charge in [-0.25, -0.2) is 4.98 Å². The molecule has 0 saturated heterocycles. The molecule has 0 aliphatic heterocycles. The van der Waals surface area contributed by atoms with Gasteiger partial charge in [0.15, 0.2) is 0 Å². The number of anilines is 2. The summed E-state index contributed by atoms with van der Waals surface area (Å²) in [6.45, 7) is 0.0548. The average molecular weight is 466 g/mol. The Morgan fingerprint density at radius 1 is 1.11 bits per heavy atom. The van der Waals surface area contributed by atoms with Crippen LogP contribution in [0.1, 0.15) is 0 Å². The SMILES string of the molecule is CN(CC(=O)Nc1ccc(Br)cn1)CC(=O)Nc1ccccc1SCC(N)=O. The van der Waals surface area contributed by atoms with E-state index < -0.39 is 5.91 Å². The third kappa shape index (κ3) is 7.67. The van der Waals surface area contributed by atoms with Crippen LogP contribution >= 0.6 is 27.7 Å². The van der Waals surface area contributed by atoms with Crippen LogP contribution in [0, 0.1) is 0 Å². The van der Waals surface area contributed by atoms with Gasteiger partial charge in [0.2, 0.25) is 17.7 Å². The van der Waals surface area contributed by atoms with Crippen molar-refractivity contribution >= 4 is 56.9 Å². The van der Waals surface area contributed by atoms with Crippen LogP contribution in [0.5, 0.6) is 0 Å². The van der Waals surface area contributed by atoms with Crippen molar-refractivity contribution in [3.63, 3.8) is 0 Å². The van der Waals surface area contributed by atoms with E-state index in [0.717, 1.165) is 9.37 Å². The van der Waals surface area contributed by atoms with Gasteiger partial charge in [0.05, 0.1) is 24.5 Å². The Hall–Kier alpha value is -2.43. The number of carbonyl (C=O) groups is 3. The van der Waals surface area contributed by atoms with Crippen LogP contribution in [0.25, 0.3) is 0 Å². The number of aromatic nitrogens is 1. The van der Waals surface area contributed by atoms with Crippen LogP contribution in [0.4, 0.5) is 11.5 Å². The highest BCUT2D eigenvalue weighted by molar-refractivity contribution is 9.10. The number of nitrogens with two attached hydrogens (primary N) is 1. The van der Waals surface area contributed by atoms with Gasteiger partial charge in [-0.2, -0.15) is 0 Å². The minimum Gasteiger partial charge on any atom is -0.369 e. The summed E-state index contributed by atoms with van der Waals surface area (Å²) < 4.78 is 0.813. The zero-order valence-electron chi connectivity index (χ0n) is 15.1. The van der Waals surface area contributed by atoms with E-state index in [4.69, 9.17) is 5.73 Å². The fourth-order valence-corrected chi connectivity index (χ4v) is 3.19. The van der Waals surface area contributed by atoms with Crippen molar-refractivity contribution < 1.29 is 14.4 Å². The van der Waals surface area contributed by atoms with Gasteiger partial charge >= 0.3 is 0 Å². The summed E-state index contributed by atoms with van der Waals surface area (Å²) in [4.78, 5) is 41.7. The number of hydrogen-bond acceptors (Lipinski definition) is 6. The zero-order chi connectivity index (χ0) is 20.5. The molecule has 0 saturated carbocycles. The maximum absolute atomic E-state index is 12.3. The van der Waals surface area contributed by atoms with Gasteiger partial charge in [-0.1, -0.05) is 12.1 Å². The normalized spacial score (nSPS) is 10.5. The van der Waals surface area contributed by atoms with Crippen LogP contribution in [-0.4, -0.2) is 53.5 Å². The second-order valence-corrected chi connectivity index (χ2v) is 7.81. The molecule has 0 bridgehead atoms. The van der Waals surface area contributed by atoms with Gasteiger partial charge in [0, 0.05) is 15.6 Å². The molecule has 1 aromatic carbocycles. The molecule has 1 aromatic heterocycles. The number of primary amides is 1. The minimum absolute atomic E-state index is 0.0238. The lowest BCUT2D eigenvalue weighted by Gasteiger charge is -2.16. The van der Waals surface area contributed by atoms with Crippen molar-refractivity contribution in [2.75, 3.05) is 36.5 Å². The monoisotopic (exact) mass is 465 g/mol. The molecule has 0 spiro atoms. The topological polar surface area (TPSA) is 117 Å². The Bertz CT molecular complexity index is 847. The van der Waals surface area contributed by atoms with E-state index in [-0.39, 0.29) is 30.7 Å². The first-order chi connectivity index (χ1) is 13.3. The Labute approximate surface area is 175 Å². The van der Waals surface area contributed by atoms with E-state index >= 15 is 0 Å². The highest BCUT2D eigenvalue weighted by Crippen LogP contribution is 2.26. The first-order valence-electron chi connectivity index (χ1n) is 8.23. The van der Waals surface area contributed by atoms with Crippen molar-refractivity contribution in [3.8, 4) is 0 Å². The van der Waals surface area contributed by atoms with E-state index in [1.165, 1.54) is 11.8 Å². The lowest BCUT2D eigenvalue weighted by molar-refractivity contribution is -0.119. The molecule has 0 aliphatic carbocycles. The van der Waals surface area contributed by atoms with Crippen LogP contribution in [-0.2, 0) is 14.4 Å². The summed E-state index contributed by atoms with van der Waals surface area (Å²) in [5, 5.41) is 5.46. The third-order valence-corrected chi connectivity index (χ3v) is 4.92. The number of carbonyl (C=O) groups excluding carboxylic acids is 3. The maximum Gasteiger partial charge on any atom is 0.239 e. The molecule has 2 aromatic rings. The number of pyridine rings is 1. The number of halogens is 1. The molecule has 2 rings (SSSR count). The lowest BCUT2D eigenvalue weighted by atomic mass is 10.3. The van der Waals surface area contributed by atoms with Crippen molar-refractivity contribution in [2.24, 2.45) is 5.73 Å². The van der Waals surface area contributed by atoms with Crippen molar-refractivity contribution in [3.05, 3.63) is 47.1 Å². The van der Waals surface area contributed by atoms with Crippen LogP contribution in [0.3, 0.4) is 0 Å². The summed E-state index contributed by atoms with van der Waals surface area (Å²) in [5.74, 6) is -0.424. The standard InChI is InChI=1S/C18H20BrN5O3S/c1-24(10-18(27)23-16-7-6-12(19)8-21-16)9-17(26)22-13-4-2-3-5-14(13)28-11-15(20)25/h2-8H,9-11H2,1H3,(H2,20,25)(H,22,26)(H,21,23,27). The van der Waals surface area contributed by atoms with Crippen molar-refractivity contribution in [1.29, 1.82) is 0 Å². The van der Waals surface area contributed by atoms with E-state index in [0.29, 0.717) is 11.5 Å². The molecule has 4 N–H and O–H groups in total. The smallest absolute Gasteiger partial charge is 0.239 e. The average Bonchev–Trinajstić information content (AvgIpc) is 2.62. The molecule has 148 valence electrons. The second-order valence-electron chi connectivity index (χ2n) is 5.88. The second kappa shape index (κ2) is 10.8. The van der Waals surface area contributed by atoms with Gasteiger partial charge in [-0.15, -0.1) is 11.8 Å². The molecule has 1 heterocycles. The molecule has 0 radical (unpaired) electrons. The molecule has 0 unspecified atom stereocenters. The number of benzene rings is 1. The lowest BCUT2D eigenvalue weighted by Crippen LogP contribution is -2.36. The summed E-state index contributed by atoms with van der Waals surface area (Å²) in [6, 6.07) is 10.6. The van der Waals surface area contributed by atoms with Crippen LogP contribution < -0.4 is 16.4 Å². The van der Waals surface area contributed by atoms with E-state index in [2.05, 4.69) is 31.5 Å². The number of nitrogens with one attached hydrogen (secondary N) is 2. The predicted octanol–water partition coefficient (Wildman–Crippen LogP) is 1.93. The van der Waals surface area contributed by atoms with Crippen LogP contribution in [0.2, 0.25) is 0 Å². The molecule has 0 fully saturated rings. The van der Waals surface area contributed by atoms with Gasteiger partial charge < -0.3 is 16.4 Å². The fraction of sp³-hybridized carbons (Fsp3) is 0.222.